The number of halogens is 1. The second-order valence-corrected chi connectivity index (χ2v) is 5.85. The standard InChI is InChI=1S/C14H17BrO3/c15-11-3-5-12(6-4-11)17-8-13-7-16-9-14(18-13)10-1-2-10/h3-6,10,13-14H,1-2,7-9H2. The van der Waals surface area contributed by atoms with Gasteiger partial charge in [-0.2, -0.15) is 0 Å². The number of ether oxygens (including phenoxy) is 3. The summed E-state index contributed by atoms with van der Waals surface area (Å²) in [5.74, 6) is 1.59. The van der Waals surface area contributed by atoms with E-state index in [2.05, 4.69) is 15.9 Å². The van der Waals surface area contributed by atoms with E-state index in [1.165, 1.54) is 12.8 Å². The van der Waals surface area contributed by atoms with Crippen LogP contribution in [0.3, 0.4) is 0 Å². The van der Waals surface area contributed by atoms with Crippen molar-refractivity contribution >= 4 is 15.9 Å². The van der Waals surface area contributed by atoms with Gasteiger partial charge < -0.3 is 14.2 Å². The van der Waals surface area contributed by atoms with E-state index in [-0.39, 0.29) is 12.2 Å². The molecule has 18 heavy (non-hydrogen) atoms. The largest absolute Gasteiger partial charge is 0.491 e. The molecule has 98 valence electrons. The first-order valence-corrected chi connectivity index (χ1v) is 7.22. The molecule has 1 aliphatic heterocycles. The number of hydrogen-bond acceptors (Lipinski definition) is 3. The predicted molar refractivity (Wildman–Crippen MR) is 71.8 cm³/mol. The van der Waals surface area contributed by atoms with Gasteiger partial charge in [0.05, 0.1) is 19.3 Å². The van der Waals surface area contributed by atoms with Crippen LogP contribution < -0.4 is 4.74 Å². The van der Waals surface area contributed by atoms with Gasteiger partial charge in [-0.25, -0.2) is 0 Å². The van der Waals surface area contributed by atoms with Gasteiger partial charge in [0.2, 0.25) is 0 Å². The van der Waals surface area contributed by atoms with Gasteiger partial charge in [0.1, 0.15) is 18.5 Å². The second kappa shape index (κ2) is 5.59. The van der Waals surface area contributed by atoms with Gasteiger partial charge in [0.25, 0.3) is 0 Å². The van der Waals surface area contributed by atoms with Crippen molar-refractivity contribution in [3.05, 3.63) is 28.7 Å². The zero-order valence-electron chi connectivity index (χ0n) is 10.2. The van der Waals surface area contributed by atoms with Gasteiger partial charge in [0.15, 0.2) is 0 Å². The van der Waals surface area contributed by atoms with Crippen LogP contribution in [0.15, 0.2) is 28.7 Å². The minimum atomic E-state index is 0.0630. The summed E-state index contributed by atoms with van der Waals surface area (Å²) in [7, 11) is 0. The Balaban J connectivity index is 1.48. The maximum absolute atomic E-state index is 6.00. The highest BCUT2D eigenvalue weighted by Crippen LogP contribution is 2.36. The van der Waals surface area contributed by atoms with Crippen molar-refractivity contribution in [1.82, 2.24) is 0 Å². The van der Waals surface area contributed by atoms with Gasteiger partial charge in [0, 0.05) is 4.47 Å². The fraction of sp³-hybridized carbons (Fsp3) is 0.571. The molecule has 0 N–H and O–H groups in total. The van der Waals surface area contributed by atoms with E-state index < -0.39 is 0 Å². The second-order valence-electron chi connectivity index (χ2n) is 4.94. The predicted octanol–water partition coefficient (Wildman–Crippen LogP) is 3.02. The van der Waals surface area contributed by atoms with Crippen molar-refractivity contribution < 1.29 is 14.2 Å². The number of benzene rings is 1. The van der Waals surface area contributed by atoms with Crippen LogP contribution in [0.2, 0.25) is 0 Å². The van der Waals surface area contributed by atoms with Crippen LogP contribution in [0.4, 0.5) is 0 Å². The molecule has 1 aromatic rings. The fourth-order valence-electron chi connectivity index (χ4n) is 2.16. The summed E-state index contributed by atoms with van der Waals surface area (Å²) in [5.41, 5.74) is 0. The number of rotatable bonds is 4. The summed E-state index contributed by atoms with van der Waals surface area (Å²) in [6.45, 7) is 1.95. The van der Waals surface area contributed by atoms with Crippen molar-refractivity contribution in [1.29, 1.82) is 0 Å². The van der Waals surface area contributed by atoms with Crippen molar-refractivity contribution in [3.63, 3.8) is 0 Å². The van der Waals surface area contributed by atoms with Crippen molar-refractivity contribution in [3.8, 4) is 5.75 Å². The van der Waals surface area contributed by atoms with Crippen LogP contribution in [0.5, 0.6) is 5.75 Å². The van der Waals surface area contributed by atoms with E-state index in [0.29, 0.717) is 13.2 Å². The Bertz CT molecular complexity index is 389. The van der Waals surface area contributed by atoms with Crippen LogP contribution in [0.1, 0.15) is 12.8 Å². The SMILES string of the molecule is Brc1ccc(OCC2COCC(C3CC3)O2)cc1. The summed E-state index contributed by atoms with van der Waals surface area (Å²) in [5, 5.41) is 0. The first kappa shape index (κ1) is 12.5. The smallest absolute Gasteiger partial charge is 0.119 e. The molecule has 2 unspecified atom stereocenters. The summed E-state index contributed by atoms with van der Waals surface area (Å²) in [6.07, 6.45) is 2.92. The van der Waals surface area contributed by atoms with Crippen LogP contribution in [-0.2, 0) is 9.47 Å². The third kappa shape index (κ3) is 3.25. The van der Waals surface area contributed by atoms with Crippen molar-refractivity contribution in [2.24, 2.45) is 5.92 Å². The van der Waals surface area contributed by atoms with E-state index in [1.54, 1.807) is 0 Å². The Labute approximate surface area is 116 Å². The first-order chi connectivity index (χ1) is 8.81. The Kier molecular flexibility index (Phi) is 3.87. The van der Waals surface area contributed by atoms with E-state index in [9.17, 15) is 0 Å². The van der Waals surface area contributed by atoms with Crippen molar-refractivity contribution in [2.75, 3.05) is 19.8 Å². The third-order valence-electron chi connectivity index (χ3n) is 3.35. The molecule has 2 aliphatic rings. The normalized spacial score (nSPS) is 28.1. The molecular formula is C14H17BrO3. The van der Waals surface area contributed by atoms with Crippen molar-refractivity contribution in [2.45, 2.75) is 25.0 Å². The molecule has 0 aromatic heterocycles. The molecule has 1 aliphatic carbocycles. The highest BCUT2D eigenvalue weighted by molar-refractivity contribution is 9.10. The van der Waals surface area contributed by atoms with E-state index >= 15 is 0 Å². The number of hydrogen-bond donors (Lipinski definition) is 0. The molecule has 1 saturated carbocycles. The zero-order valence-corrected chi connectivity index (χ0v) is 11.8. The van der Waals surface area contributed by atoms with Crippen LogP contribution >= 0.6 is 15.9 Å². The average Bonchev–Trinajstić information content (AvgIpc) is 3.23. The molecule has 1 saturated heterocycles. The maximum Gasteiger partial charge on any atom is 0.119 e. The molecule has 3 rings (SSSR count). The Hall–Kier alpha value is -0.580. The van der Waals surface area contributed by atoms with Gasteiger partial charge in [-0.15, -0.1) is 0 Å². The lowest BCUT2D eigenvalue weighted by molar-refractivity contribution is -0.154. The molecule has 3 nitrogen and oxygen atoms in total. The summed E-state index contributed by atoms with van der Waals surface area (Å²) >= 11 is 3.40. The Morgan fingerprint density at radius 2 is 1.94 bits per heavy atom. The van der Waals surface area contributed by atoms with Gasteiger partial charge >= 0.3 is 0 Å². The highest BCUT2D eigenvalue weighted by Gasteiger charge is 2.36. The molecule has 2 fully saturated rings. The Morgan fingerprint density at radius 1 is 1.17 bits per heavy atom. The lowest BCUT2D eigenvalue weighted by Crippen LogP contribution is -2.40. The molecule has 1 heterocycles. The molecule has 1 aromatic carbocycles. The van der Waals surface area contributed by atoms with Gasteiger partial charge in [-0.05, 0) is 43.0 Å². The monoisotopic (exact) mass is 312 g/mol. The van der Waals surface area contributed by atoms with E-state index in [4.69, 9.17) is 14.2 Å². The minimum absolute atomic E-state index is 0.0630. The van der Waals surface area contributed by atoms with Crippen LogP contribution in [0, 0.1) is 5.92 Å². The Morgan fingerprint density at radius 3 is 2.67 bits per heavy atom. The first-order valence-electron chi connectivity index (χ1n) is 6.43. The molecule has 0 spiro atoms. The molecule has 0 bridgehead atoms. The topological polar surface area (TPSA) is 27.7 Å². The quantitative estimate of drug-likeness (QED) is 0.855. The zero-order chi connectivity index (χ0) is 12.4. The molecule has 0 amide bonds. The van der Waals surface area contributed by atoms with E-state index in [1.807, 2.05) is 24.3 Å². The van der Waals surface area contributed by atoms with Crippen LogP contribution in [-0.4, -0.2) is 32.0 Å². The average molecular weight is 313 g/mol. The minimum Gasteiger partial charge on any atom is -0.491 e. The summed E-state index contributed by atoms with van der Waals surface area (Å²) in [4.78, 5) is 0. The molecule has 0 radical (unpaired) electrons. The van der Waals surface area contributed by atoms with E-state index in [0.717, 1.165) is 22.7 Å². The summed E-state index contributed by atoms with van der Waals surface area (Å²) in [6, 6.07) is 7.85. The lowest BCUT2D eigenvalue weighted by Gasteiger charge is -2.30. The maximum atomic E-state index is 6.00. The molecular weight excluding hydrogens is 296 g/mol. The summed E-state index contributed by atoms with van der Waals surface area (Å²) < 4.78 is 18.4. The fourth-order valence-corrected chi connectivity index (χ4v) is 2.43. The van der Waals surface area contributed by atoms with Gasteiger partial charge in [-0.1, -0.05) is 15.9 Å². The highest BCUT2D eigenvalue weighted by atomic mass is 79.9. The van der Waals surface area contributed by atoms with Gasteiger partial charge in [-0.3, -0.25) is 0 Å². The lowest BCUT2D eigenvalue weighted by atomic mass is 10.2. The third-order valence-corrected chi connectivity index (χ3v) is 3.88. The molecule has 4 heteroatoms. The molecule has 2 atom stereocenters. The van der Waals surface area contributed by atoms with Crippen LogP contribution in [0.25, 0.3) is 0 Å².